The molecule has 2 aliphatic heterocycles. The molecule has 4 heteroatoms. The number of piperidine rings is 1. The van der Waals surface area contributed by atoms with Gasteiger partial charge in [0.2, 0.25) is 0 Å². The molecule has 0 unspecified atom stereocenters. The summed E-state index contributed by atoms with van der Waals surface area (Å²) in [6.45, 7) is 6.69. The maximum atomic E-state index is 12.0. The first-order valence-electron chi connectivity index (χ1n) is 7.92. The van der Waals surface area contributed by atoms with Crippen LogP contribution in [0.5, 0.6) is 0 Å². The Morgan fingerprint density at radius 3 is 2.52 bits per heavy atom. The zero-order valence-corrected chi connectivity index (χ0v) is 12.7. The summed E-state index contributed by atoms with van der Waals surface area (Å²) in [6.07, 6.45) is 2.39. The predicted molar refractivity (Wildman–Crippen MR) is 82.0 cm³/mol. The normalized spacial score (nSPS) is 21.1. The molecule has 4 nitrogen and oxygen atoms in total. The summed E-state index contributed by atoms with van der Waals surface area (Å²) in [6, 6.07) is 10.4. The molecule has 0 aliphatic carbocycles. The summed E-state index contributed by atoms with van der Waals surface area (Å²) in [5.41, 5.74) is 1.04. The lowest BCUT2D eigenvalue weighted by atomic mass is 9.96. The van der Waals surface area contributed by atoms with Crippen LogP contribution in [0.3, 0.4) is 0 Å². The van der Waals surface area contributed by atoms with Crippen LogP contribution in [0.2, 0.25) is 0 Å². The first-order valence-corrected chi connectivity index (χ1v) is 7.92. The lowest BCUT2D eigenvalue weighted by molar-refractivity contribution is 0.00723. The van der Waals surface area contributed by atoms with Crippen molar-refractivity contribution in [2.75, 3.05) is 26.2 Å². The number of carbonyl (C=O) groups is 1. The zero-order chi connectivity index (χ0) is 14.7. The van der Waals surface area contributed by atoms with Crippen LogP contribution in [0.25, 0.3) is 0 Å². The number of rotatable bonds is 3. The van der Waals surface area contributed by atoms with E-state index in [-0.39, 0.29) is 6.09 Å². The predicted octanol–water partition coefficient (Wildman–Crippen LogP) is 2.74. The minimum atomic E-state index is -0.180. The van der Waals surface area contributed by atoms with Crippen molar-refractivity contribution >= 4 is 6.09 Å². The fraction of sp³-hybridized carbons (Fsp3) is 0.588. The van der Waals surface area contributed by atoms with Gasteiger partial charge in [-0.3, -0.25) is 4.90 Å². The van der Waals surface area contributed by atoms with Crippen LogP contribution < -0.4 is 0 Å². The van der Waals surface area contributed by atoms with E-state index in [1.807, 2.05) is 35.2 Å². The SMILES string of the molecule is CC1CCN(C2CN(C(=O)OCc3ccccc3)C2)CC1. The van der Waals surface area contributed by atoms with E-state index in [1.165, 1.54) is 25.9 Å². The number of hydrogen-bond acceptors (Lipinski definition) is 3. The van der Waals surface area contributed by atoms with Crippen LogP contribution in [0.1, 0.15) is 25.3 Å². The second-order valence-electron chi connectivity index (χ2n) is 6.32. The molecule has 21 heavy (non-hydrogen) atoms. The van der Waals surface area contributed by atoms with Gasteiger partial charge < -0.3 is 9.64 Å². The molecule has 0 spiro atoms. The Morgan fingerprint density at radius 1 is 1.19 bits per heavy atom. The number of nitrogens with zero attached hydrogens (tertiary/aromatic N) is 2. The molecular formula is C17H24N2O2. The Kier molecular flexibility index (Phi) is 4.44. The second kappa shape index (κ2) is 6.48. The van der Waals surface area contributed by atoms with Crippen molar-refractivity contribution in [2.24, 2.45) is 5.92 Å². The largest absolute Gasteiger partial charge is 0.445 e. The molecule has 1 aromatic rings. The molecule has 0 aromatic heterocycles. The zero-order valence-electron chi connectivity index (χ0n) is 12.7. The van der Waals surface area contributed by atoms with E-state index in [1.54, 1.807) is 0 Å². The van der Waals surface area contributed by atoms with E-state index in [0.717, 1.165) is 24.6 Å². The standard InChI is InChI=1S/C17H24N2O2/c1-14-7-9-18(10-8-14)16-11-19(12-16)17(20)21-13-15-5-3-2-4-6-15/h2-6,14,16H,7-13H2,1H3. The molecular weight excluding hydrogens is 264 g/mol. The average molecular weight is 288 g/mol. The fourth-order valence-electron chi connectivity index (χ4n) is 3.04. The molecule has 1 amide bonds. The quantitative estimate of drug-likeness (QED) is 0.857. The number of amides is 1. The van der Waals surface area contributed by atoms with Gasteiger partial charge in [0, 0.05) is 19.1 Å². The van der Waals surface area contributed by atoms with Crippen LogP contribution in [0, 0.1) is 5.92 Å². The highest BCUT2D eigenvalue weighted by Crippen LogP contribution is 2.23. The van der Waals surface area contributed by atoms with Gasteiger partial charge in [-0.15, -0.1) is 0 Å². The van der Waals surface area contributed by atoms with Gasteiger partial charge in [-0.1, -0.05) is 37.3 Å². The number of ether oxygens (including phenoxy) is 1. The van der Waals surface area contributed by atoms with E-state index in [2.05, 4.69) is 11.8 Å². The number of carbonyl (C=O) groups excluding carboxylic acids is 1. The topological polar surface area (TPSA) is 32.8 Å². The summed E-state index contributed by atoms with van der Waals surface area (Å²) < 4.78 is 5.35. The van der Waals surface area contributed by atoms with Crippen LogP contribution in [-0.2, 0) is 11.3 Å². The van der Waals surface area contributed by atoms with Crippen LogP contribution in [0.4, 0.5) is 4.79 Å². The molecule has 2 saturated heterocycles. The summed E-state index contributed by atoms with van der Waals surface area (Å²) in [4.78, 5) is 16.3. The molecule has 114 valence electrons. The minimum Gasteiger partial charge on any atom is -0.445 e. The number of hydrogen-bond donors (Lipinski definition) is 0. The van der Waals surface area contributed by atoms with Gasteiger partial charge in [-0.25, -0.2) is 4.79 Å². The summed E-state index contributed by atoms with van der Waals surface area (Å²) in [7, 11) is 0. The Bertz CT molecular complexity index is 463. The Labute approximate surface area is 126 Å². The monoisotopic (exact) mass is 288 g/mol. The van der Waals surface area contributed by atoms with Gasteiger partial charge >= 0.3 is 6.09 Å². The molecule has 2 heterocycles. The van der Waals surface area contributed by atoms with E-state index in [9.17, 15) is 4.79 Å². The molecule has 0 atom stereocenters. The highest BCUT2D eigenvalue weighted by atomic mass is 16.6. The smallest absolute Gasteiger partial charge is 0.410 e. The lowest BCUT2D eigenvalue weighted by Gasteiger charge is -2.46. The molecule has 2 fully saturated rings. The Morgan fingerprint density at radius 2 is 1.86 bits per heavy atom. The van der Waals surface area contributed by atoms with E-state index in [0.29, 0.717) is 12.6 Å². The van der Waals surface area contributed by atoms with Crippen molar-refractivity contribution in [3.8, 4) is 0 Å². The van der Waals surface area contributed by atoms with Crippen LogP contribution in [-0.4, -0.2) is 48.1 Å². The molecule has 0 saturated carbocycles. The molecule has 1 aromatic carbocycles. The fourth-order valence-corrected chi connectivity index (χ4v) is 3.04. The maximum Gasteiger partial charge on any atom is 0.410 e. The molecule has 2 aliphatic rings. The highest BCUT2D eigenvalue weighted by Gasteiger charge is 2.36. The third kappa shape index (κ3) is 3.56. The average Bonchev–Trinajstić information content (AvgIpc) is 2.47. The van der Waals surface area contributed by atoms with Crippen molar-refractivity contribution in [3.05, 3.63) is 35.9 Å². The lowest BCUT2D eigenvalue weighted by Crippen LogP contribution is -2.62. The number of likely N-dealkylation sites (tertiary alicyclic amines) is 2. The van der Waals surface area contributed by atoms with Crippen molar-refractivity contribution in [2.45, 2.75) is 32.4 Å². The van der Waals surface area contributed by atoms with Crippen LogP contribution in [0.15, 0.2) is 30.3 Å². The van der Waals surface area contributed by atoms with Gasteiger partial charge in [0.05, 0.1) is 0 Å². The van der Waals surface area contributed by atoms with Crippen molar-refractivity contribution in [1.29, 1.82) is 0 Å². The number of benzene rings is 1. The first kappa shape index (κ1) is 14.4. The third-order valence-corrected chi connectivity index (χ3v) is 4.66. The van der Waals surface area contributed by atoms with Crippen LogP contribution >= 0.6 is 0 Å². The van der Waals surface area contributed by atoms with E-state index >= 15 is 0 Å². The Hall–Kier alpha value is -1.55. The summed E-state index contributed by atoms with van der Waals surface area (Å²) >= 11 is 0. The van der Waals surface area contributed by atoms with E-state index < -0.39 is 0 Å². The Balaban J connectivity index is 1.38. The maximum absolute atomic E-state index is 12.0. The molecule has 0 radical (unpaired) electrons. The first-order chi connectivity index (χ1) is 10.2. The van der Waals surface area contributed by atoms with Crippen molar-refractivity contribution in [1.82, 2.24) is 9.80 Å². The van der Waals surface area contributed by atoms with Gasteiger partial charge in [0.1, 0.15) is 6.61 Å². The molecule has 3 rings (SSSR count). The van der Waals surface area contributed by atoms with Crippen molar-refractivity contribution in [3.63, 3.8) is 0 Å². The molecule has 0 bridgehead atoms. The summed E-state index contributed by atoms with van der Waals surface area (Å²) in [5.74, 6) is 0.855. The van der Waals surface area contributed by atoms with Crippen molar-refractivity contribution < 1.29 is 9.53 Å². The molecule has 0 N–H and O–H groups in total. The summed E-state index contributed by atoms with van der Waals surface area (Å²) in [5, 5.41) is 0. The van der Waals surface area contributed by atoms with Gasteiger partial charge in [0.25, 0.3) is 0 Å². The van der Waals surface area contributed by atoms with E-state index in [4.69, 9.17) is 4.74 Å². The highest BCUT2D eigenvalue weighted by molar-refractivity contribution is 5.68. The minimum absolute atomic E-state index is 0.180. The second-order valence-corrected chi connectivity index (χ2v) is 6.32. The third-order valence-electron chi connectivity index (χ3n) is 4.66. The van der Waals surface area contributed by atoms with Gasteiger partial charge in [-0.2, -0.15) is 0 Å². The van der Waals surface area contributed by atoms with Gasteiger partial charge in [0.15, 0.2) is 0 Å². The van der Waals surface area contributed by atoms with Gasteiger partial charge in [-0.05, 0) is 37.4 Å².